The average molecular weight is 697 g/mol. The van der Waals surface area contributed by atoms with Crippen LogP contribution in [0.25, 0.3) is 10.8 Å². The minimum atomic E-state index is -1.26. The fourth-order valence-corrected chi connectivity index (χ4v) is 8.10. The Bertz CT molecular complexity index is 1500. The summed E-state index contributed by atoms with van der Waals surface area (Å²) in [4.78, 5) is 57.8. The van der Waals surface area contributed by atoms with Gasteiger partial charge in [-0.05, 0) is 55.5 Å². The van der Waals surface area contributed by atoms with E-state index >= 15 is 0 Å². The second kappa shape index (κ2) is 14.5. The number of nitrogens with one attached hydrogen (secondary N) is 1. The number of rotatable bonds is 15. The molecule has 3 amide bonds. The van der Waals surface area contributed by atoms with Crippen molar-refractivity contribution in [3.8, 4) is 0 Å². The molecule has 3 fully saturated rings. The molecule has 3 heterocycles. The molecule has 46 heavy (non-hydrogen) atoms. The SMILES string of the molecule is C=CCCC(=O)NC[C@H](C)OC(=O)[C@@H]1[C@H]2O[C@@]3(CC2Br)[C@H](C(=O)N(CC=C)c2ccc4ccccc4c2)N(CCCCO)C(=O)[C@@H]13. The van der Waals surface area contributed by atoms with E-state index in [2.05, 4.69) is 34.4 Å². The lowest BCUT2D eigenvalue weighted by Crippen LogP contribution is -2.57. The Kier molecular flexibility index (Phi) is 10.6. The van der Waals surface area contributed by atoms with E-state index in [0.717, 1.165) is 10.8 Å². The molecule has 246 valence electrons. The second-order valence-electron chi connectivity index (χ2n) is 12.3. The van der Waals surface area contributed by atoms with Crippen LogP contribution in [0.15, 0.2) is 67.8 Å². The number of fused-ring (bicyclic) bond motifs is 2. The van der Waals surface area contributed by atoms with Gasteiger partial charge in [-0.15, -0.1) is 13.2 Å². The number of allylic oxidation sites excluding steroid dienone is 1. The third kappa shape index (κ3) is 6.37. The molecule has 0 radical (unpaired) electrons. The van der Waals surface area contributed by atoms with Gasteiger partial charge in [0.15, 0.2) is 0 Å². The lowest BCUT2D eigenvalue weighted by molar-refractivity contribution is -0.159. The molecule has 2 aromatic rings. The standard InChI is InChI=1S/C35H42BrN3O7/c1-4-6-13-27(41)37-21-22(3)45-34(44)28-29-32(42)39(17-9-10-18-40)31(35(29)20-26(36)30(28)46-35)33(43)38(16-5-2)25-15-14-23-11-7-8-12-24(23)19-25/h4-5,7-8,11-12,14-15,19,22,26,28-31,40H,1-2,6,9-10,13,16-18,20-21H2,3H3,(H,37,41)/t22-,26?,28-,29+,30-,31-,35+/m0/s1. The van der Waals surface area contributed by atoms with Crippen LogP contribution in [-0.2, 0) is 28.7 Å². The van der Waals surface area contributed by atoms with Crippen LogP contribution in [0.3, 0.4) is 0 Å². The highest BCUT2D eigenvalue weighted by atomic mass is 79.9. The van der Waals surface area contributed by atoms with E-state index in [1.807, 2.05) is 42.5 Å². The minimum Gasteiger partial charge on any atom is -0.460 e. The van der Waals surface area contributed by atoms with Crippen molar-refractivity contribution in [2.24, 2.45) is 11.8 Å². The number of anilines is 1. The number of nitrogens with zero attached hydrogens (tertiary/aromatic N) is 2. The number of unbranched alkanes of at least 4 members (excludes halogenated alkanes) is 1. The molecule has 3 saturated heterocycles. The minimum absolute atomic E-state index is 0.0477. The first-order valence-electron chi connectivity index (χ1n) is 15.9. The van der Waals surface area contributed by atoms with Crippen molar-refractivity contribution >= 4 is 56.1 Å². The fraction of sp³-hybridized carbons (Fsp3) is 0.486. The molecular weight excluding hydrogens is 654 g/mol. The molecular formula is C35H42BrN3O7. The Labute approximate surface area is 277 Å². The number of likely N-dealkylation sites (tertiary alicyclic amines) is 1. The highest BCUT2D eigenvalue weighted by Gasteiger charge is 2.77. The Balaban J connectivity index is 1.45. The number of ether oxygens (including phenoxy) is 2. The molecule has 3 aliphatic rings. The predicted octanol–water partition coefficient (Wildman–Crippen LogP) is 3.89. The van der Waals surface area contributed by atoms with Gasteiger partial charge in [0.25, 0.3) is 5.91 Å². The summed E-state index contributed by atoms with van der Waals surface area (Å²) in [6, 6.07) is 12.6. The third-order valence-corrected chi connectivity index (χ3v) is 10.0. The van der Waals surface area contributed by atoms with Gasteiger partial charge in [-0.2, -0.15) is 0 Å². The Morgan fingerprint density at radius 1 is 1.20 bits per heavy atom. The summed E-state index contributed by atoms with van der Waals surface area (Å²) >= 11 is 3.69. The van der Waals surface area contributed by atoms with Crippen LogP contribution in [-0.4, -0.2) is 88.6 Å². The molecule has 0 aromatic heterocycles. The zero-order valence-corrected chi connectivity index (χ0v) is 27.7. The Morgan fingerprint density at radius 2 is 1.96 bits per heavy atom. The van der Waals surface area contributed by atoms with Gasteiger partial charge in [-0.25, -0.2) is 0 Å². The second-order valence-corrected chi connectivity index (χ2v) is 13.4. The summed E-state index contributed by atoms with van der Waals surface area (Å²) in [7, 11) is 0. The van der Waals surface area contributed by atoms with Gasteiger partial charge in [0, 0.05) is 36.6 Å². The van der Waals surface area contributed by atoms with Crippen molar-refractivity contribution in [1.82, 2.24) is 10.2 Å². The topological polar surface area (TPSA) is 125 Å². The molecule has 0 aliphatic carbocycles. The van der Waals surface area contributed by atoms with E-state index in [4.69, 9.17) is 9.47 Å². The molecule has 1 unspecified atom stereocenters. The number of aliphatic hydroxyl groups is 1. The van der Waals surface area contributed by atoms with Crippen LogP contribution in [0.5, 0.6) is 0 Å². The summed E-state index contributed by atoms with van der Waals surface area (Å²) in [5.74, 6) is -3.27. The number of alkyl halides is 1. The largest absolute Gasteiger partial charge is 0.460 e. The van der Waals surface area contributed by atoms with Crippen molar-refractivity contribution in [2.75, 3.05) is 31.1 Å². The number of esters is 1. The van der Waals surface area contributed by atoms with Crippen molar-refractivity contribution in [1.29, 1.82) is 0 Å². The molecule has 2 N–H and O–H groups in total. The van der Waals surface area contributed by atoms with Crippen molar-refractivity contribution in [3.63, 3.8) is 0 Å². The quantitative estimate of drug-likeness (QED) is 0.125. The number of hydrogen-bond acceptors (Lipinski definition) is 7. The zero-order valence-electron chi connectivity index (χ0n) is 26.1. The van der Waals surface area contributed by atoms with Crippen LogP contribution in [0.4, 0.5) is 5.69 Å². The number of carbonyl (C=O) groups is 4. The summed E-state index contributed by atoms with van der Waals surface area (Å²) in [6.45, 7) is 9.69. The maximum absolute atomic E-state index is 14.7. The normalized spacial score (nSPS) is 26.9. The van der Waals surface area contributed by atoms with Crippen LogP contribution < -0.4 is 10.2 Å². The number of carbonyl (C=O) groups excluding carboxylic acids is 4. The fourth-order valence-electron chi connectivity index (χ4n) is 7.15. The summed E-state index contributed by atoms with van der Waals surface area (Å²) in [5, 5.41) is 14.2. The molecule has 5 rings (SSSR count). The first-order valence-corrected chi connectivity index (χ1v) is 16.8. The number of hydrogen-bond donors (Lipinski definition) is 2. The van der Waals surface area contributed by atoms with Crippen molar-refractivity contribution in [3.05, 3.63) is 67.8 Å². The van der Waals surface area contributed by atoms with Crippen molar-refractivity contribution < 1.29 is 33.8 Å². The molecule has 1 spiro atoms. The lowest BCUT2D eigenvalue weighted by atomic mass is 9.70. The van der Waals surface area contributed by atoms with Crippen LogP contribution in [0, 0.1) is 11.8 Å². The molecule has 2 bridgehead atoms. The number of benzene rings is 2. The summed E-state index contributed by atoms with van der Waals surface area (Å²) < 4.78 is 12.4. The van der Waals surface area contributed by atoms with Crippen LogP contribution in [0.1, 0.15) is 39.0 Å². The highest BCUT2D eigenvalue weighted by molar-refractivity contribution is 9.09. The van der Waals surface area contributed by atoms with E-state index in [-0.39, 0.29) is 55.2 Å². The molecule has 10 nitrogen and oxygen atoms in total. The molecule has 11 heteroatoms. The molecule has 7 atom stereocenters. The molecule has 2 aromatic carbocycles. The summed E-state index contributed by atoms with van der Waals surface area (Å²) in [6.07, 6.45) is 4.12. The van der Waals surface area contributed by atoms with Gasteiger partial charge < -0.3 is 29.7 Å². The van der Waals surface area contributed by atoms with E-state index in [0.29, 0.717) is 31.4 Å². The van der Waals surface area contributed by atoms with Gasteiger partial charge in [0.2, 0.25) is 11.8 Å². The lowest BCUT2D eigenvalue weighted by Gasteiger charge is -2.37. The number of halogens is 1. The van der Waals surface area contributed by atoms with E-state index < -0.39 is 41.7 Å². The van der Waals surface area contributed by atoms with Gasteiger partial charge in [-0.3, -0.25) is 19.2 Å². The number of amides is 3. The maximum atomic E-state index is 14.7. The number of aliphatic hydroxyl groups excluding tert-OH is 1. The van der Waals surface area contributed by atoms with Crippen molar-refractivity contribution in [2.45, 2.75) is 67.7 Å². The van der Waals surface area contributed by atoms with Gasteiger partial charge in [0.05, 0.1) is 24.5 Å². The van der Waals surface area contributed by atoms with Crippen LogP contribution in [0.2, 0.25) is 0 Å². The Hall–Kier alpha value is -3.54. The first kappa shape index (κ1) is 33.8. The summed E-state index contributed by atoms with van der Waals surface area (Å²) in [5.41, 5.74) is -0.594. The van der Waals surface area contributed by atoms with E-state index in [1.54, 1.807) is 28.9 Å². The predicted molar refractivity (Wildman–Crippen MR) is 178 cm³/mol. The van der Waals surface area contributed by atoms with Gasteiger partial charge in [0.1, 0.15) is 17.7 Å². The van der Waals surface area contributed by atoms with E-state index in [1.165, 1.54) is 0 Å². The third-order valence-electron chi connectivity index (χ3n) is 9.20. The molecule has 3 aliphatic heterocycles. The van der Waals surface area contributed by atoms with Gasteiger partial charge in [-0.1, -0.05) is 58.4 Å². The zero-order chi connectivity index (χ0) is 33.0. The monoisotopic (exact) mass is 695 g/mol. The van der Waals surface area contributed by atoms with Gasteiger partial charge >= 0.3 is 5.97 Å². The molecule has 0 saturated carbocycles. The smallest absolute Gasteiger partial charge is 0.312 e. The average Bonchev–Trinajstić information content (AvgIpc) is 3.64. The highest BCUT2D eigenvalue weighted by Crippen LogP contribution is 2.60. The maximum Gasteiger partial charge on any atom is 0.312 e. The van der Waals surface area contributed by atoms with Crippen LogP contribution >= 0.6 is 15.9 Å². The first-order chi connectivity index (χ1) is 22.2. The Morgan fingerprint density at radius 3 is 2.67 bits per heavy atom. The van der Waals surface area contributed by atoms with E-state index in [9.17, 15) is 24.3 Å².